The Morgan fingerprint density at radius 2 is 2.50 bits per heavy atom. The zero-order chi connectivity index (χ0) is 8.81. The normalized spacial score (nSPS) is 23.2. The summed E-state index contributed by atoms with van der Waals surface area (Å²) < 4.78 is 4.48. The van der Waals surface area contributed by atoms with Crippen LogP contribution in [0.2, 0.25) is 0 Å². The van der Waals surface area contributed by atoms with E-state index in [4.69, 9.17) is 0 Å². The molecule has 0 aromatic rings. The summed E-state index contributed by atoms with van der Waals surface area (Å²) in [5.74, 6) is 1.23. The molecule has 1 aliphatic rings. The van der Waals surface area contributed by atoms with Crippen LogP contribution < -0.4 is 5.32 Å². The molecule has 0 aromatic heterocycles. The number of nitrogens with one attached hydrogen (secondary N) is 1. The van der Waals surface area contributed by atoms with Gasteiger partial charge in [0, 0.05) is 11.8 Å². The monoisotopic (exact) mass is 189 g/mol. The highest BCUT2D eigenvalue weighted by molar-refractivity contribution is 7.99. The number of ether oxygens (including phenoxy) is 1. The van der Waals surface area contributed by atoms with E-state index >= 15 is 0 Å². The van der Waals surface area contributed by atoms with Crippen LogP contribution in [0, 0.1) is 0 Å². The fraction of sp³-hybridized carbons (Fsp3) is 0.875. The molecule has 4 heteroatoms. The van der Waals surface area contributed by atoms with Crippen LogP contribution in [0.1, 0.15) is 19.3 Å². The van der Waals surface area contributed by atoms with Crippen LogP contribution >= 0.6 is 11.8 Å². The van der Waals surface area contributed by atoms with Gasteiger partial charge in [-0.05, 0) is 18.6 Å². The first kappa shape index (κ1) is 9.71. The van der Waals surface area contributed by atoms with Crippen molar-refractivity contribution < 1.29 is 9.53 Å². The van der Waals surface area contributed by atoms with Crippen LogP contribution in [0.25, 0.3) is 0 Å². The van der Waals surface area contributed by atoms with Gasteiger partial charge in [0.1, 0.15) is 0 Å². The lowest BCUT2D eigenvalue weighted by Gasteiger charge is -2.20. The van der Waals surface area contributed by atoms with Crippen molar-refractivity contribution >= 4 is 17.9 Å². The zero-order valence-corrected chi connectivity index (χ0v) is 8.15. The molecule has 1 saturated heterocycles. The molecule has 70 valence electrons. The number of thioether (sulfide) groups is 1. The van der Waals surface area contributed by atoms with Gasteiger partial charge in [0.05, 0.1) is 7.11 Å². The third-order valence-corrected chi connectivity index (χ3v) is 3.33. The van der Waals surface area contributed by atoms with E-state index in [1.807, 2.05) is 11.8 Å². The molecule has 1 aliphatic heterocycles. The van der Waals surface area contributed by atoms with E-state index in [1.54, 1.807) is 0 Å². The molecule has 1 N–H and O–H groups in total. The highest BCUT2D eigenvalue weighted by Gasteiger charge is 2.14. The number of carbonyl (C=O) groups excluding carboxylic acids is 1. The summed E-state index contributed by atoms with van der Waals surface area (Å²) in [7, 11) is 1.39. The highest BCUT2D eigenvalue weighted by Crippen LogP contribution is 2.24. The molecular formula is C8H15NO2S. The van der Waals surface area contributed by atoms with E-state index in [0.29, 0.717) is 5.25 Å². The average molecular weight is 189 g/mol. The summed E-state index contributed by atoms with van der Waals surface area (Å²) in [6.07, 6.45) is 3.51. The summed E-state index contributed by atoms with van der Waals surface area (Å²) in [5.41, 5.74) is 0. The fourth-order valence-electron chi connectivity index (χ4n) is 1.24. The van der Waals surface area contributed by atoms with Gasteiger partial charge in [-0.15, -0.1) is 0 Å². The number of methoxy groups -OCH3 is 1. The maximum atomic E-state index is 10.7. The van der Waals surface area contributed by atoms with Crippen LogP contribution in [0.3, 0.4) is 0 Å². The number of hydrogen-bond acceptors (Lipinski definition) is 3. The Morgan fingerprint density at radius 3 is 3.08 bits per heavy atom. The minimum atomic E-state index is -0.318. The first-order valence-corrected chi connectivity index (χ1v) is 5.31. The summed E-state index contributed by atoms with van der Waals surface area (Å²) in [6.45, 7) is 0.747. The Bertz CT molecular complexity index is 146. The van der Waals surface area contributed by atoms with E-state index in [1.165, 1.54) is 32.1 Å². The minimum absolute atomic E-state index is 0.318. The van der Waals surface area contributed by atoms with Crippen molar-refractivity contribution in [1.82, 2.24) is 5.32 Å². The molecule has 1 heterocycles. The first-order valence-electron chi connectivity index (χ1n) is 4.26. The Balaban J connectivity index is 2.09. The molecule has 3 nitrogen and oxygen atoms in total. The van der Waals surface area contributed by atoms with Crippen LogP contribution in [0.5, 0.6) is 0 Å². The molecule has 1 fully saturated rings. The smallest absolute Gasteiger partial charge is 0.406 e. The Kier molecular flexibility index (Phi) is 4.29. The number of hydrogen-bond donors (Lipinski definition) is 1. The van der Waals surface area contributed by atoms with E-state index < -0.39 is 0 Å². The van der Waals surface area contributed by atoms with Crippen molar-refractivity contribution in [2.75, 3.05) is 19.4 Å². The predicted octanol–water partition coefficient (Wildman–Crippen LogP) is 1.63. The van der Waals surface area contributed by atoms with E-state index in [9.17, 15) is 4.79 Å². The van der Waals surface area contributed by atoms with E-state index in [0.717, 1.165) is 6.54 Å². The lowest BCUT2D eigenvalue weighted by atomic mass is 10.2. The summed E-state index contributed by atoms with van der Waals surface area (Å²) in [4.78, 5) is 10.7. The van der Waals surface area contributed by atoms with Crippen molar-refractivity contribution in [2.24, 2.45) is 0 Å². The molecule has 0 radical (unpaired) electrons. The van der Waals surface area contributed by atoms with Gasteiger partial charge in [0.2, 0.25) is 0 Å². The Labute approximate surface area is 77.2 Å². The summed E-state index contributed by atoms with van der Waals surface area (Å²) in [5, 5.41) is 3.32. The lowest BCUT2D eigenvalue weighted by molar-refractivity contribution is 0.171. The van der Waals surface area contributed by atoms with Crippen LogP contribution in [-0.4, -0.2) is 30.8 Å². The Morgan fingerprint density at radius 1 is 1.67 bits per heavy atom. The molecule has 1 atom stereocenters. The second-order valence-electron chi connectivity index (χ2n) is 2.86. The third kappa shape index (κ3) is 3.34. The topological polar surface area (TPSA) is 38.3 Å². The van der Waals surface area contributed by atoms with Crippen molar-refractivity contribution in [1.29, 1.82) is 0 Å². The minimum Gasteiger partial charge on any atom is -0.453 e. The highest BCUT2D eigenvalue weighted by atomic mass is 32.2. The van der Waals surface area contributed by atoms with Gasteiger partial charge in [0.15, 0.2) is 0 Å². The van der Waals surface area contributed by atoms with Gasteiger partial charge < -0.3 is 10.1 Å². The van der Waals surface area contributed by atoms with E-state index in [2.05, 4.69) is 10.1 Å². The zero-order valence-electron chi connectivity index (χ0n) is 7.34. The fourth-order valence-corrected chi connectivity index (χ4v) is 2.48. The quantitative estimate of drug-likeness (QED) is 0.717. The van der Waals surface area contributed by atoms with Gasteiger partial charge in [-0.3, -0.25) is 0 Å². The molecule has 1 amide bonds. The molecule has 12 heavy (non-hydrogen) atoms. The molecular weight excluding hydrogens is 174 g/mol. The molecule has 0 spiro atoms. The largest absolute Gasteiger partial charge is 0.453 e. The second-order valence-corrected chi connectivity index (χ2v) is 4.27. The summed E-state index contributed by atoms with van der Waals surface area (Å²) in [6, 6.07) is 0. The molecule has 0 bridgehead atoms. The first-order chi connectivity index (χ1) is 5.83. The van der Waals surface area contributed by atoms with Crippen molar-refractivity contribution in [3.8, 4) is 0 Å². The maximum absolute atomic E-state index is 10.7. The molecule has 0 saturated carbocycles. The van der Waals surface area contributed by atoms with Gasteiger partial charge in [0.25, 0.3) is 0 Å². The van der Waals surface area contributed by atoms with Gasteiger partial charge in [-0.25, -0.2) is 4.79 Å². The van der Waals surface area contributed by atoms with Crippen LogP contribution in [0.15, 0.2) is 0 Å². The number of rotatable bonds is 2. The molecule has 0 aliphatic carbocycles. The Hall–Kier alpha value is -0.380. The molecule has 1 rings (SSSR count). The van der Waals surface area contributed by atoms with Gasteiger partial charge >= 0.3 is 6.09 Å². The predicted molar refractivity (Wildman–Crippen MR) is 50.5 cm³/mol. The van der Waals surface area contributed by atoms with Crippen molar-refractivity contribution in [3.05, 3.63) is 0 Å². The van der Waals surface area contributed by atoms with Crippen molar-refractivity contribution in [3.63, 3.8) is 0 Å². The van der Waals surface area contributed by atoms with Crippen LogP contribution in [-0.2, 0) is 4.74 Å². The van der Waals surface area contributed by atoms with Crippen LogP contribution in [0.4, 0.5) is 4.79 Å². The summed E-state index contributed by atoms with van der Waals surface area (Å²) >= 11 is 1.95. The maximum Gasteiger partial charge on any atom is 0.406 e. The van der Waals surface area contributed by atoms with Gasteiger partial charge in [-0.1, -0.05) is 6.42 Å². The SMILES string of the molecule is COC(=O)NCC1CCCCS1. The van der Waals surface area contributed by atoms with Crippen molar-refractivity contribution in [2.45, 2.75) is 24.5 Å². The third-order valence-electron chi connectivity index (χ3n) is 1.93. The standard InChI is InChI=1S/C8H15NO2S/c1-11-8(10)9-6-7-4-2-3-5-12-7/h7H,2-6H2,1H3,(H,9,10). The lowest BCUT2D eigenvalue weighted by Crippen LogP contribution is -2.31. The number of alkyl carbamates (subject to hydrolysis) is 1. The van der Waals surface area contributed by atoms with Gasteiger partial charge in [-0.2, -0.15) is 11.8 Å². The van der Waals surface area contributed by atoms with E-state index in [-0.39, 0.29) is 6.09 Å². The average Bonchev–Trinajstić information content (AvgIpc) is 2.16. The second kappa shape index (κ2) is 5.30. The number of carbonyl (C=O) groups is 1. The number of amides is 1. The molecule has 1 unspecified atom stereocenters. The molecule has 0 aromatic carbocycles.